The van der Waals surface area contributed by atoms with E-state index in [2.05, 4.69) is 15.3 Å². The molecule has 1 aromatic carbocycles. The highest BCUT2D eigenvalue weighted by atomic mass is 19.1. The van der Waals surface area contributed by atoms with Crippen LogP contribution in [0.15, 0.2) is 18.3 Å². The molecule has 0 unspecified atom stereocenters. The SMILES string of the molecule is CCN(C)c1cnc(Nc2cc(F)c(C(N)=O)cc2C)nc1C. The van der Waals surface area contributed by atoms with E-state index in [4.69, 9.17) is 5.73 Å². The molecule has 2 rings (SSSR count). The number of nitrogens with one attached hydrogen (secondary N) is 1. The molecule has 1 heterocycles. The zero-order valence-corrected chi connectivity index (χ0v) is 13.6. The highest BCUT2D eigenvalue weighted by molar-refractivity contribution is 5.94. The van der Waals surface area contributed by atoms with Crippen molar-refractivity contribution in [3.63, 3.8) is 0 Å². The van der Waals surface area contributed by atoms with E-state index in [0.29, 0.717) is 17.2 Å². The number of aryl methyl sites for hydroxylation is 2. The predicted octanol–water partition coefficient (Wildman–Crippen LogP) is 2.53. The minimum Gasteiger partial charge on any atom is -0.372 e. The molecule has 1 amide bonds. The molecule has 122 valence electrons. The number of amides is 1. The molecule has 23 heavy (non-hydrogen) atoms. The Morgan fingerprint density at radius 3 is 2.65 bits per heavy atom. The van der Waals surface area contributed by atoms with Crippen LogP contribution < -0.4 is 16.0 Å². The molecule has 0 saturated heterocycles. The van der Waals surface area contributed by atoms with Crippen LogP contribution in [0.2, 0.25) is 0 Å². The molecule has 1 aromatic heterocycles. The van der Waals surface area contributed by atoms with Crippen molar-refractivity contribution in [2.24, 2.45) is 5.73 Å². The van der Waals surface area contributed by atoms with Crippen molar-refractivity contribution in [3.05, 3.63) is 41.0 Å². The van der Waals surface area contributed by atoms with Gasteiger partial charge in [-0.05, 0) is 38.5 Å². The quantitative estimate of drug-likeness (QED) is 0.885. The number of primary amides is 1. The number of carbonyl (C=O) groups excluding carboxylic acids is 1. The molecule has 0 bridgehead atoms. The zero-order valence-electron chi connectivity index (χ0n) is 13.6. The van der Waals surface area contributed by atoms with Crippen molar-refractivity contribution < 1.29 is 9.18 Å². The van der Waals surface area contributed by atoms with E-state index in [1.54, 1.807) is 13.1 Å². The third kappa shape index (κ3) is 3.56. The van der Waals surface area contributed by atoms with Gasteiger partial charge in [-0.15, -0.1) is 0 Å². The first-order valence-corrected chi connectivity index (χ1v) is 7.25. The van der Waals surface area contributed by atoms with Crippen LogP contribution in [-0.4, -0.2) is 29.5 Å². The van der Waals surface area contributed by atoms with Gasteiger partial charge in [-0.3, -0.25) is 4.79 Å². The summed E-state index contributed by atoms with van der Waals surface area (Å²) in [5.74, 6) is -1.11. The maximum Gasteiger partial charge on any atom is 0.251 e. The Kier molecular flexibility index (Phi) is 4.78. The molecule has 2 aromatic rings. The average Bonchev–Trinajstić information content (AvgIpc) is 2.49. The Hall–Kier alpha value is -2.70. The molecule has 0 aliphatic rings. The average molecular weight is 317 g/mol. The number of rotatable bonds is 5. The fourth-order valence-corrected chi connectivity index (χ4v) is 2.19. The lowest BCUT2D eigenvalue weighted by Gasteiger charge is -2.18. The number of hydrogen-bond acceptors (Lipinski definition) is 5. The molecule has 0 atom stereocenters. The van der Waals surface area contributed by atoms with Crippen molar-refractivity contribution in [1.29, 1.82) is 0 Å². The molecule has 0 saturated carbocycles. The predicted molar refractivity (Wildman–Crippen MR) is 88.7 cm³/mol. The van der Waals surface area contributed by atoms with Crippen LogP contribution in [0.3, 0.4) is 0 Å². The summed E-state index contributed by atoms with van der Waals surface area (Å²) in [4.78, 5) is 21.8. The molecule has 0 radical (unpaired) electrons. The lowest BCUT2D eigenvalue weighted by atomic mass is 10.1. The standard InChI is InChI=1S/C16H20FN5O/c1-5-22(4)14-8-19-16(20-10(14)3)21-13-7-12(17)11(15(18)23)6-9(13)2/h6-8H,5H2,1-4H3,(H2,18,23)(H,19,20,21). The molecule has 7 heteroatoms. The van der Waals surface area contributed by atoms with E-state index in [1.165, 1.54) is 12.1 Å². The number of carbonyl (C=O) groups is 1. The maximum absolute atomic E-state index is 13.9. The van der Waals surface area contributed by atoms with E-state index < -0.39 is 11.7 Å². The normalized spacial score (nSPS) is 10.5. The third-order valence-corrected chi connectivity index (χ3v) is 3.66. The lowest BCUT2D eigenvalue weighted by molar-refractivity contribution is 0.0996. The van der Waals surface area contributed by atoms with E-state index >= 15 is 0 Å². The summed E-state index contributed by atoms with van der Waals surface area (Å²) in [6.45, 7) is 6.52. The van der Waals surface area contributed by atoms with Gasteiger partial charge in [0.05, 0.1) is 23.1 Å². The van der Waals surface area contributed by atoms with Crippen LogP contribution >= 0.6 is 0 Å². The zero-order chi connectivity index (χ0) is 17.1. The second-order valence-electron chi connectivity index (χ2n) is 5.31. The first-order valence-electron chi connectivity index (χ1n) is 7.25. The smallest absolute Gasteiger partial charge is 0.251 e. The summed E-state index contributed by atoms with van der Waals surface area (Å²) in [5, 5.41) is 2.97. The van der Waals surface area contributed by atoms with Crippen molar-refractivity contribution >= 4 is 23.2 Å². The van der Waals surface area contributed by atoms with Gasteiger partial charge in [-0.1, -0.05) is 0 Å². The monoisotopic (exact) mass is 317 g/mol. The fourth-order valence-electron chi connectivity index (χ4n) is 2.19. The van der Waals surface area contributed by atoms with Gasteiger partial charge in [0.25, 0.3) is 5.91 Å². The van der Waals surface area contributed by atoms with Gasteiger partial charge in [-0.2, -0.15) is 0 Å². The molecule has 6 nitrogen and oxygen atoms in total. The van der Waals surface area contributed by atoms with Gasteiger partial charge in [0.15, 0.2) is 0 Å². The summed E-state index contributed by atoms with van der Waals surface area (Å²) >= 11 is 0. The van der Waals surface area contributed by atoms with E-state index in [1.807, 2.05) is 25.8 Å². The molecule has 3 N–H and O–H groups in total. The van der Waals surface area contributed by atoms with Gasteiger partial charge < -0.3 is 16.0 Å². The van der Waals surface area contributed by atoms with Gasteiger partial charge in [0.1, 0.15) is 5.82 Å². The Morgan fingerprint density at radius 1 is 1.39 bits per heavy atom. The van der Waals surface area contributed by atoms with Crippen LogP contribution in [0.5, 0.6) is 0 Å². The van der Waals surface area contributed by atoms with Crippen LogP contribution in [0.1, 0.15) is 28.5 Å². The molecule has 0 fully saturated rings. The summed E-state index contributed by atoms with van der Waals surface area (Å²) in [6, 6.07) is 2.63. The third-order valence-electron chi connectivity index (χ3n) is 3.66. The highest BCUT2D eigenvalue weighted by Crippen LogP contribution is 2.24. The first kappa shape index (κ1) is 16.7. The Bertz CT molecular complexity index is 747. The second kappa shape index (κ2) is 6.60. The van der Waals surface area contributed by atoms with E-state index in [-0.39, 0.29) is 5.56 Å². The largest absolute Gasteiger partial charge is 0.372 e. The number of halogens is 1. The van der Waals surface area contributed by atoms with E-state index in [0.717, 1.165) is 17.9 Å². The van der Waals surface area contributed by atoms with Crippen molar-refractivity contribution in [1.82, 2.24) is 9.97 Å². The number of anilines is 3. The summed E-state index contributed by atoms with van der Waals surface area (Å²) < 4.78 is 13.9. The highest BCUT2D eigenvalue weighted by Gasteiger charge is 2.13. The molecular weight excluding hydrogens is 297 g/mol. The Morgan fingerprint density at radius 2 is 2.09 bits per heavy atom. The molecule has 0 aliphatic carbocycles. The van der Waals surface area contributed by atoms with Crippen LogP contribution in [0.4, 0.5) is 21.7 Å². The minimum atomic E-state index is -0.795. The van der Waals surface area contributed by atoms with Crippen molar-refractivity contribution in [2.75, 3.05) is 23.8 Å². The lowest BCUT2D eigenvalue weighted by Crippen LogP contribution is -2.18. The summed E-state index contributed by atoms with van der Waals surface area (Å²) in [6.07, 6.45) is 1.72. The van der Waals surface area contributed by atoms with Crippen LogP contribution in [0.25, 0.3) is 0 Å². The van der Waals surface area contributed by atoms with Crippen molar-refractivity contribution in [3.8, 4) is 0 Å². The molecular formula is C16H20FN5O. The molecule has 0 aliphatic heterocycles. The van der Waals surface area contributed by atoms with Gasteiger partial charge in [-0.25, -0.2) is 14.4 Å². The number of aromatic nitrogens is 2. The van der Waals surface area contributed by atoms with Crippen LogP contribution in [-0.2, 0) is 0 Å². The number of nitrogens with two attached hydrogens (primary N) is 1. The first-order chi connectivity index (χ1) is 10.8. The van der Waals surface area contributed by atoms with Crippen LogP contribution in [0, 0.1) is 19.7 Å². The number of nitrogens with zero attached hydrogens (tertiary/aromatic N) is 3. The maximum atomic E-state index is 13.9. The molecule has 0 spiro atoms. The number of benzene rings is 1. The Balaban J connectivity index is 2.31. The fraction of sp³-hybridized carbons (Fsp3) is 0.312. The number of hydrogen-bond donors (Lipinski definition) is 2. The van der Waals surface area contributed by atoms with E-state index in [9.17, 15) is 9.18 Å². The van der Waals surface area contributed by atoms with Gasteiger partial charge >= 0.3 is 0 Å². The summed E-state index contributed by atoms with van der Waals surface area (Å²) in [5.41, 5.74) is 7.92. The van der Waals surface area contributed by atoms with Gasteiger partial charge in [0, 0.05) is 19.3 Å². The minimum absolute atomic E-state index is 0.134. The summed E-state index contributed by atoms with van der Waals surface area (Å²) in [7, 11) is 1.96. The van der Waals surface area contributed by atoms with Gasteiger partial charge in [0.2, 0.25) is 5.95 Å². The van der Waals surface area contributed by atoms with Crippen molar-refractivity contribution in [2.45, 2.75) is 20.8 Å². The topological polar surface area (TPSA) is 84.1 Å². The Labute approximate surface area is 134 Å². The second-order valence-corrected chi connectivity index (χ2v) is 5.31.